The van der Waals surface area contributed by atoms with Crippen LogP contribution in [0.25, 0.3) is 0 Å². The fraction of sp³-hybridized carbons (Fsp3) is 0.133. The van der Waals surface area contributed by atoms with Crippen molar-refractivity contribution < 1.29 is 5.11 Å². The molecule has 0 amide bonds. The topological polar surface area (TPSA) is 56.0 Å². The molecule has 0 aromatic heterocycles. The van der Waals surface area contributed by atoms with E-state index in [0.717, 1.165) is 11.3 Å². The number of hydrogen-bond acceptors (Lipinski definition) is 3. The largest absolute Gasteiger partial charge is 0.387 e. The third-order valence-corrected chi connectivity index (χ3v) is 3.49. The molecular weight excluding hydrogens is 351 g/mol. The molecule has 2 rings (SSSR count). The van der Waals surface area contributed by atoms with Crippen LogP contribution in [-0.2, 0) is 0 Å². The summed E-state index contributed by atoms with van der Waals surface area (Å²) in [6, 6.07) is 17.0. The molecule has 19 heavy (non-hydrogen) atoms. The lowest BCUT2D eigenvalue weighted by Crippen LogP contribution is -2.12. The fourth-order valence-electron chi connectivity index (χ4n) is 1.68. The number of anilines is 1. The minimum atomic E-state index is -0.591. The second-order valence-corrected chi connectivity index (χ2v) is 5.38. The summed E-state index contributed by atoms with van der Waals surface area (Å²) in [5.41, 5.74) is 2.38. The van der Waals surface area contributed by atoms with Crippen molar-refractivity contribution in [1.82, 2.24) is 0 Å². The lowest BCUT2D eigenvalue weighted by molar-refractivity contribution is 0.191. The maximum atomic E-state index is 10.1. The SMILES string of the molecule is N#Cc1ccc(C(O)CNc2ccc(I)cc2)cc1. The second kappa shape index (κ2) is 6.55. The molecule has 1 atom stereocenters. The van der Waals surface area contributed by atoms with E-state index in [1.54, 1.807) is 24.3 Å². The van der Waals surface area contributed by atoms with E-state index in [4.69, 9.17) is 5.26 Å². The van der Waals surface area contributed by atoms with E-state index >= 15 is 0 Å². The van der Waals surface area contributed by atoms with Gasteiger partial charge in [0.15, 0.2) is 0 Å². The van der Waals surface area contributed by atoms with Crippen LogP contribution in [-0.4, -0.2) is 11.7 Å². The second-order valence-electron chi connectivity index (χ2n) is 4.14. The molecule has 1 unspecified atom stereocenters. The van der Waals surface area contributed by atoms with E-state index in [1.807, 2.05) is 24.3 Å². The minimum absolute atomic E-state index is 0.437. The third kappa shape index (κ3) is 3.94. The van der Waals surface area contributed by atoms with Crippen molar-refractivity contribution in [1.29, 1.82) is 5.26 Å². The predicted molar refractivity (Wildman–Crippen MR) is 83.8 cm³/mol. The molecule has 2 aromatic rings. The van der Waals surface area contributed by atoms with Gasteiger partial charge in [-0.25, -0.2) is 0 Å². The number of rotatable bonds is 4. The molecule has 0 saturated carbocycles. The summed E-state index contributed by atoms with van der Waals surface area (Å²) in [5, 5.41) is 21.9. The van der Waals surface area contributed by atoms with Gasteiger partial charge in [0.25, 0.3) is 0 Å². The van der Waals surface area contributed by atoms with Gasteiger partial charge in [-0.05, 0) is 64.6 Å². The molecule has 0 aliphatic rings. The first-order valence-electron chi connectivity index (χ1n) is 5.86. The highest BCUT2D eigenvalue weighted by atomic mass is 127. The molecular formula is C15H13IN2O. The lowest BCUT2D eigenvalue weighted by atomic mass is 10.1. The molecule has 96 valence electrons. The van der Waals surface area contributed by atoms with E-state index < -0.39 is 6.10 Å². The first kappa shape index (κ1) is 13.8. The van der Waals surface area contributed by atoms with E-state index in [0.29, 0.717) is 12.1 Å². The van der Waals surface area contributed by atoms with Gasteiger partial charge in [-0.15, -0.1) is 0 Å². The van der Waals surface area contributed by atoms with Crippen LogP contribution in [0.15, 0.2) is 48.5 Å². The Morgan fingerprint density at radius 2 is 1.74 bits per heavy atom. The van der Waals surface area contributed by atoms with Gasteiger partial charge in [0, 0.05) is 15.8 Å². The molecule has 2 aromatic carbocycles. The number of halogens is 1. The number of nitrogens with zero attached hydrogens (tertiary/aromatic N) is 1. The molecule has 0 fully saturated rings. The van der Waals surface area contributed by atoms with Gasteiger partial charge in [0.05, 0.1) is 17.7 Å². The van der Waals surface area contributed by atoms with Crippen LogP contribution in [0.1, 0.15) is 17.2 Å². The third-order valence-electron chi connectivity index (χ3n) is 2.77. The Kier molecular flexibility index (Phi) is 4.77. The van der Waals surface area contributed by atoms with Crippen LogP contribution >= 0.6 is 22.6 Å². The van der Waals surface area contributed by atoms with Gasteiger partial charge in [-0.3, -0.25) is 0 Å². The summed E-state index contributed by atoms with van der Waals surface area (Å²) >= 11 is 2.25. The van der Waals surface area contributed by atoms with Gasteiger partial charge in [-0.1, -0.05) is 12.1 Å². The predicted octanol–water partition coefficient (Wildman–Crippen LogP) is 3.31. The molecule has 0 saturated heterocycles. The molecule has 0 spiro atoms. The number of nitrogens with one attached hydrogen (secondary N) is 1. The molecule has 0 radical (unpaired) electrons. The smallest absolute Gasteiger partial charge is 0.0991 e. The summed E-state index contributed by atoms with van der Waals surface area (Å²) in [4.78, 5) is 0. The van der Waals surface area contributed by atoms with E-state index in [1.165, 1.54) is 3.57 Å². The average Bonchev–Trinajstić information content (AvgIpc) is 2.46. The average molecular weight is 364 g/mol. The Balaban J connectivity index is 1.95. The maximum absolute atomic E-state index is 10.1. The van der Waals surface area contributed by atoms with Crippen LogP contribution in [0.5, 0.6) is 0 Å². The Morgan fingerprint density at radius 3 is 2.32 bits per heavy atom. The Bertz CT molecular complexity index is 573. The molecule has 0 bridgehead atoms. The zero-order chi connectivity index (χ0) is 13.7. The highest BCUT2D eigenvalue weighted by molar-refractivity contribution is 14.1. The summed E-state index contributed by atoms with van der Waals surface area (Å²) in [5.74, 6) is 0. The van der Waals surface area contributed by atoms with Crippen molar-refractivity contribution in [3.05, 3.63) is 63.2 Å². The molecule has 2 N–H and O–H groups in total. The van der Waals surface area contributed by atoms with Crippen molar-refractivity contribution in [3.63, 3.8) is 0 Å². The molecule has 3 nitrogen and oxygen atoms in total. The minimum Gasteiger partial charge on any atom is -0.387 e. The molecule has 0 aliphatic heterocycles. The zero-order valence-electron chi connectivity index (χ0n) is 10.2. The van der Waals surface area contributed by atoms with Gasteiger partial charge in [-0.2, -0.15) is 5.26 Å². The summed E-state index contributed by atoms with van der Waals surface area (Å²) in [7, 11) is 0. The van der Waals surface area contributed by atoms with E-state index in [2.05, 4.69) is 34.0 Å². The van der Waals surface area contributed by atoms with Crippen molar-refractivity contribution >= 4 is 28.3 Å². The summed E-state index contributed by atoms with van der Waals surface area (Å²) in [6.07, 6.45) is -0.591. The van der Waals surface area contributed by atoms with Crippen molar-refractivity contribution in [2.45, 2.75) is 6.10 Å². The number of benzene rings is 2. The first-order valence-corrected chi connectivity index (χ1v) is 6.94. The van der Waals surface area contributed by atoms with Crippen molar-refractivity contribution in [2.75, 3.05) is 11.9 Å². The van der Waals surface area contributed by atoms with Gasteiger partial charge in [0.2, 0.25) is 0 Å². The first-order chi connectivity index (χ1) is 9.19. The van der Waals surface area contributed by atoms with E-state index in [-0.39, 0.29) is 0 Å². The van der Waals surface area contributed by atoms with Crippen LogP contribution in [0.2, 0.25) is 0 Å². The monoisotopic (exact) mass is 364 g/mol. The maximum Gasteiger partial charge on any atom is 0.0991 e. The quantitative estimate of drug-likeness (QED) is 0.819. The number of aliphatic hydroxyl groups excluding tert-OH is 1. The van der Waals surface area contributed by atoms with Crippen LogP contribution in [0.4, 0.5) is 5.69 Å². The Labute approximate surface area is 126 Å². The zero-order valence-corrected chi connectivity index (χ0v) is 12.3. The van der Waals surface area contributed by atoms with Crippen molar-refractivity contribution in [3.8, 4) is 6.07 Å². The number of hydrogen-bond donors (Lipinski definition) is 2. The van der Waals surface area contributed by atoms with Gasteiger partial charge >= 0.3 is 0 Å². The lowest BCUT2D eigenvalue weighted by Gasteiger charge is -2.13. The Hall–Kier alpha value is -1.58. The van der Waals surface area contributed by atoms with Gasteiger partial charge < -0.3 is 10.4 Å². The summed E-state index contributed by atoms with van der Waals surface area (Å²) < 4.78 is 1.18. The highest BCUT2D eigenvalue weighted by Crippen LogP contribution is 2.16. The molecule has 0 aliphatic carbocycles. The van der Waals surface area contributed by atoms with Crippen molar-refractivity contribution in [2.24, 2.45) is 0 Å². The molecule has 0 heterocycles. The van der Waals surface area contributed by atoms with Crippen LogP contribution in [0.3, 0.4) is 0 Å². The number of nitriles is 1. The van der Waals surface area contributed by atoms with Crippen LogP contribution < -0.4 is 5.32 Å². The van der Waals surface area contributed by atoms with E-state index in [9.17, 15) is 5.11 Å². The Morgan fingerprint density at radius 1 is 1.11 bits per heavy atom. The summed E-state index contributed by atoms with van der Waals surface area (Å²) in [6.45, 7) is 0.437. The van der Waals surface area contributed by atoms with Gasteiger partial charge in [0.1, 0.15) is 0 Å². The standard InChI is InChI=1S/C15H13IN2O/c16-13-5-7-14(8-6-13)18-10-15(19)12-3-1-11(9-17)2-4-12/h1-8,15,18-19H,10H2. The fourth-order valence-corrected chi connectivity index (χ4v) is 2.04. The normalized spacial score (nSPS) is 11.6. The van der Waals surface area contributed by atoms with Crippen LogP contribution in [0, 0.1) is 14.9 Å². The highest BCUT2D eigenvalue weighted by Gasteiger charge is 2.07. The molecule has 4 heteroatoms. The number of aliphatic hydroxyl groups is 1.